The van der Waals surface area contributed by atoms with Crippen molar-refractivity contribution in [1.29, 1.82) is 0 Å². The zero-order valence-electron chi connectivity index (χ0n) is 13.4. The van der Waals surface area contributed by atoms with Gasteiger partial charge in [-0.3, -0.25) is 4.79 Å². The van der Waals surface area contributed by atoms with Crippen LogP contribution in [0.3, 0.4) is 0 Å². The quantitative estimate of drug-likeness (QED) is 0.726. The van der Waals surface area contributed by atoms with Gasteiger partial charge in [-0.05, 0) is 24.6 Å². The van der Waals surface area contributed by atoms with Gasteiger partial charge in [-0.15, -0.1) is 0 Å². The van der Waals surface area contributed by atoms with Crippen LogP contribution in [0.1, 0.15) is 18.5 Å². The van der Waals surface area contributed by atoms with Crippen molar-refractivity contribution in [2.24, 2.45) is 5.73 Å². The summed E-state index contributed by atoms with van der Waals surface area (Å²) in [5.41, 5.74) is 5.96. The van der Waals surface area contributed by atoms with Crippen molar-refractivity contribution in [3.8, 4) is 5.75 Å². The molecule has 0 aliphatic heterocycles. The molecule has 0 aliphatic carbocycles. The van der Waals surface area contributed by atoms with Crippen molar-refractivity contribution in [1.82, 2.24) is 10.6 Å². The van der Waals surface area contributed by atoms with E-state index in [4.69, 9.17) is 10.5 Å². The maximum atomic E-state index is 12.2. The number of nitrogens with one attached hydrogen (secondary N) is 2. The summed E-state index contributed by atoms with van der Waals surface area (Å²) >= 11 is 0. The van der Waals surface area contributed by atoms with Crippen molar-refractivity contribution in [3.63, 3.8) is 0 Å². The highest BCUT2D eigenvalue weighted by Crippen LogP contribution is 2.16. The number of benzene rings is 2. The van der Waals surface area contributed by atoms with E-state index in [1.165, 1.54) is 0 Å². The van der Waals surface area contributed by atoms with Crippen molar-refractivity contribution in [2.75, 3.05) is 6.61 Å². The second-order valence-corrected chi connectivity index (χ2v) is 5.33. The Kier molecular flexibility index (Phi) is 6.19. The average molecular weight is 327 g/mol. The molecule has 0 saturated heterocycles. The Labute approximate surface area is 141 Å². The molecule has 6 nitrogen and oxygen atoms in total. The normalized spacial score (nSPS) is 12.7. The number of nitrogens with two attached hydrogens (primary N) is 1. The first-order chi connectivity index (χ1) is 11.6. The predicted octanol–water partition coefficient (Wildman–Crippen LogP) is 1.98. The minimum Gasteiger partial charge on any atom is -0.491 e. The van der Waals surface area contributed by atoms with E-state index < -0.39 is 12.1 Å². The lowest BCUT2D eigenvalue weighted by molar-refractivity contribution is -0.123. The Morgan fingerprint density at radius 1 is 1.00 bits per heavy atom. The highest BCUT2D eigenvalue weighted by atomic mass is 16.5. The van der Waals surface area contributed by atoms with Gasteiger partial charge in [0.05, 0.1) is 6.04 Å². The third kappa shape index (κ3) is 5.31. The summed E-state index contributed by atoms with van der Waals surface area (Å²) in [5.74, 6) is 0.385. The molecule has 24 heavy (non-hydrogen) atoms. The van der Waals surface area contributed by atoms with Crippen LogP contribution >= 0.6 is 0 Å². The van der Waals surface area contributed by atoms with Gasteiger partial charge in [-0.25, -0.2) is 4.79 Å². The van der Waals surface area contributed by atoms with Gasteiger partial charge >= 0.3 is 6.03 Å². The lowest BCUT2D eigenvalue weighted by atomic mass is 10.1. The predicted molar refractivity (Wildman–Crippen MR) is 91.4 cm³/mol. The molecule has 2 aromatic rings. The van der Waals surface area contributed by atoms with Gasteiger partial charge in [0.1, 0.15) is 18.4 Å². The number of hydrogen-bond donors (Lipinski definition) is 3. The van der Waals surface area contributed by atoms with Gasteiger partial charge in [0, 0.05) is 0 Å². The molecule has 2 aromatic carbocycles. The summed E-state index contributed by atoms with van der Waals surface area (Å²) in [7, 11) is 0. The van der Waals surface area contributed by atoms with Crippen LogP contribution in [0, 0.1) is 0 Å². The molecule has 0 unspecified atom stereocenters. The lowest BCUT2D eigenvalue weighted by Gasteiger charge is -2.22. The van der Waals surface area contributed by atoms with E-state index in [0.717, 1.165) is 11.3 Å². The van der Waals surface area contributed by atoms with E-state index in [2.05, 4.69) is 10.6 Å². The van der Waals surface area contributed by atoms with E-state index in [9.17, 15) is 9.59 Å². The molecular formula is C18H21N3O3. The van der Waals surface area contributed by atoms with E-state index in [-0.39, 0.29) is 18.6 Å². The van der Waals surface area contributed by atoms with Crippen molar-refractivity contribution < 1.29 is 14.3 Å². The topological polar surface area (TPSA) is 93.5 Å². The molecule has 6 heteroatoms. The first kappa shape index (κ1) is 17.3. The molecule has 0 aromatic heterocycles. The first-order valence-electron chi connectivity index (χ1n) is 7.65. The number of urea groups is 1. The fourth-order valence-electron chi connectivity index (χ4n) is 2.18. The third-order valence-corrected chi connectivity index (χ3v) is 3.43. The Morgan fingerprint density at radius 3 is 2.17 bits per heavy atom. The molecule has 0 aliphatic rings. The summed E-state index contributed by atoms with van der Waals surface area (Å²) in [5, 5.41) is 5.23. The van der Waals surface area contributed by atoms with E-state index in [0.29, 0.717) is 0 Å². The molecule has 0 saturated carbocycles. The maximum absolute atomic E-state index is 12.2. The number of ether oxygens (including phenoxy) is 1. The number of rotatable bonds is 7. The van der Waals surface area contributed by atoms with Crippen LogP contribution in [-0.2, 0) is 4.79 Å². The molecule has 0 fully saturated rings. The van der Waals surface area contributed by atoms with Crippen LogP contribution in [0.25, 0.3) is 0 Å². The zero-order chi connectivity index (χ0) is 17.4. The molecule has 0 heterocycles. The van der Waals surface area contributed by atoms with Crippen LogP contribution in [0.5, 0.6) is 5.75 Å². The number of carbonyl (C=O) groups excluding carboxylic acids is 2. The molecular weight excluding hydrogens is 306 g/mol. The van der Waals surface area contributed by atoms with E-state index >= 15 is 0 Å². The molecule has 126 valence electrons. The molecule has 4 N–H and O–H groups in total. The molecule has 2 atom stereocenters. The Balaban J connectivity index is 2.06. The number of primary amides is 1. The minimum absolute atomic E-state index is 0.267. The SMILES string of the molecule is C[C@@H](NC(N)=O)C(=O)N[C@@H](COc1ccccc1)c1ccccc1. The molecule has 3 amide bonds. The Morgan fingerprint density at radius 2 is 1.58 bits per heavy atom. The Hall–Kier alpha value is -3.02. The van der Waals surface area contributed by atoms with Crippen LogP contribution in [-0.4, -0.2) is 24.6 Å². The van der Waals surface area contributed by atoms with Crippen LogP contribution in [0.4, 0.5) is 4.79 Å². The summed E-state index contributed by atoms with van der Waals surface area (Å²) in [6.07, 6.45) is 0. The van der Waals surface area contributed by atoms with Crippen molar-refractivity contribution >= 4 is 11.9 Å². The monoisotopic (exact) mass is 327 g/mol. The van der Waals surface area contributed by atoms with Gasteiger partial charge in [-0.1, -0.05) is 48.5 Å². The van der Waals surface area contributed by atoms with Crippen LogP contribution in [0.2, 0.25) is 0 Å². The Bertz CT molecular complexity index is 662. The molecule has 0 radical (unpaired) electrons. The maximum Gasteiger partial charge on any atom is 0.312 e. The average Bonchev–Trinajstić information content (AvgIpc) is 2.59. The standard InChI is InChI=1S/C18H21N3O3/c1-13(20-18(19)23)17(22)21-16(14-8-4-2-5-9-14)12-24-15-10-6-3-7-11-15/h2-11,13,16H,12H2,1H3,(H,21,22)(H3,19,20,23)/t13-,16+/m1/s1. The van der Waals surface area contributed by atoms with Crippen molar-refractivity contribution in [3.05, 3.63) is 66.2 Å². The molecule has 0 spiro atoms. The second-order valence-electron chi connectivity index (χ2n) is 5.33. The highest BCUT2D eigenvalue weighted by molar-refractivity contribution is 5.86. The zero-order valence-corrected chi connectivity index (χ0v) is 13.4. The fourth-order valence-corrected chi connectivity index (χ4v) is 2.18. The molecule has 2 rings (SSSR count). The van der Waals surface area contributed by atoms with E-state index in [1.54, 1.807) is 6.92 Å². The van der Waals surface area contributed by atoms with Gasteiger partial charge < -0.3 is 21.1 Å². The third-order valence-electron chi connectivity index (χ3n) is 3.43. The van der Waals surface area contributed by atoms with Gasteiger partial charge in [-0.2, -0.15) is 0 Å². The smallest absolute Gasteiger partial charge is 0.312 e. The number of carbonyl (C=O) groups is 2. The first-order valence-corrected chi connectivity index (χ1v) is 7.65. The molecule has 0 bridgehead atoms. The summed E-state index contributed by atoms with van der Waals surface area (Å²) in [4.78, 5) is 23.1. The van der Waals surface area contributed by atoms with Crippen LogP contribution < -0.4 is 21.1 Å². The number of amides is 3. The lowest BCUT2D eigenvalue weighted by Crippen LogP contribution is -2.48. The van der Waals surface area contributed by atoms with Gasteiger partial charge in [0.15, 0.2) is 0 Å². The van der Waals surface area contributed by atoms with Gasteiger partial charge in [0.25, 0.3) is 0 Å². The largest absolute Gasteiger partial charge is 0.491 e. The highest BCUT2D eigenvalue weighted by Gasteiger charge is 2.20. The second kappa shape index (κ2) is 8.57. The fraction of sp³-hybridized carbons (Fsp3) is 0.222. The summed E-state index contributed by atoms with van der Waals surface area (Å²) in [6, 6.07) is 17.0. The number of para-hydroxylation sites is 1. The summed E-state index contributed by atoms with van der Waals surface area (Å²) < 4.78 is 5.76. The van der Waals surface area contributed by atoms with Crippen molar-refractivity contribution in [2.45, 2.75) is 19.0 Å². The van der Waals surface area contributed by atoms with Gasteiger partial charge in [0.2, 0.25) is 5.91 Å². The number of hydrogen-bond acceptors (Lipinski definition) is 3. The van der Waals surface area contributed by atoms with E-state index in [1.807, 2.05) is 60.7 Å². The minimum atomic E-state index is -0.741. The summed E-state index contributed by atoms with van der Waals surface area (Å²) in [6.45, 7) is 1.84. The van der Waals surface area contributed by atoms with Crippen LogP contribution in [0.15, 0.2) is 60.7 Å².